The topological polar surface area (TPSA) is 46.3 Å². The molecule has 4 heteroatoms. The number of benzene rings is 2. The summed E-state index contributed by atoms with van der Waals surface area (Å²) in [7, 11) is 1.77. The molecular formula is C16H17BrN2O. The Labute approximate surface area is 127 Å². The maximum absolute atomic E-state index is 12.6. The Morgan fingerprint density at radius 2 is 1.75 bits per heavy atom. The molecule has 0 aliphatic rings. The highest BCUT2D eigenvalue weighted by molar-refractivity contribution is 9.10. The molecule has 20 heavy (non-hydrogen) atoms. The molecule has 2 rings (SSSR count). The normalized spacial score (nSPS) is 10.4. The Kier molecular flexibility index (Phi) is 4.14. The molecule has 2 aromatic carbocycles. The summed E-state index contributed by atoms with van der Waals surface area (Å²) in [5, 5.41) is 0. The number of rotatable bonds is 2. The van der Waals surface area contributed by atoms with Gasteiger partial charge in [0, 0.05) is 28.5 Å². The van der Waals surface area contributed by atoms with Gasteiger partial charge in [0.05, 0.1) is 0 Å². The summed E-state index contributed by atoms with van der Waals surface area (Å²) in [6, 6.07) is 11.5. The molecule has 0 aromatic heterocycles. The summed E-state index contributed by atoms with van der Waals surface area (Å²) in [6.45, 7) is 3.88. The van der Waals surface area contributed by atoms with Crippen LogP contribution in [0.3, 0.4) is 0 Å². The number of nitrogen functional groups attached to an aromatic ring is 1. The summed E-state index contributed by atoms with van der Waals surface area (Å²) in [5.41, 5.74) is 9.97. The zero-order valence-corrected chi connectivity index (χ0v) is 13.4. The molecule has 3 nitrogen and oxygen atoms in total. The highest BCUT2D eigenvalue weighted by Gasteiger charge is 2.17. The fourth-order valence-corrected chi connectivity index (χ4v) is 2.46. The number of amides is 1. The van der Waals surface area contributed by atoms with Crippen LogP contribution in [-0.2, 0) is 0 Å². The Bertz CT molecular complexity index is 650. The van der Waals surface area contributed by atoms with Gasteiger partial charge in [0.2, 0.25) is 0 Å². The van der Waals surface area contributed by atoms with Crippen molar-refractivity contribution in [1.82, 2.24) is 0 Å². The van der Waals surface area contributed by atoms with Crippen molar-refractivity contribution in [2.75, 3.05) is 17.7 Å². The van der Waals surface area contributed by atoms with E-state index >= 15 is 0 Å². The molecule has 1 amide bonds. The molecule has 0 unspecified atom stereocenters. The van der Waals surface area contributed by atoms with Gasteiger partial charge in [-0.25, -0.2) is 0 Å². The Hall–Kier alpha value is -1.81. The van der Waals surface area contributed by atoms with Gasteiger partial charge in [-0.15, -0.1) is 0 Å². The van der Waals surface area contributed by atoms with Gasteiger partial charge in [-0.05, 0) is 43.7 Å². The Morgan fingerprint density at radius 1 is 1.15 bits per heavy atom. The third-order valence-electron chi connectivity index (χ3n) is 3.37. The summed E-state index contributed by atoms with van der Waals surface area (Å²) in [6.07, 6.45) is 0. The first-order valence-electron chi connectivity index (χ1n) is 6.30. The van der Waals surface area contributed by atoms with E-state index in [0.29, 0.717) is 11.3 Å². The fourth-order valence-electron chi connectivity index (χ4n) is 1.99. The zero-order valence-electron chi connectivity index (χ0n) is 11.8. The number of carbonyl (C=O) groups excluding carboxylic acids is 1. The second kappa shape index (κ2) is 5.67. The standard InChI is InChI=1S/C16H17BrN2O/c1-10-4-6-13(7-5-10)19(3)16(20)14-8-12(17)9-15(18)11(14)2/h4-9H,18H2,1-3H3. The van der Waals surface area contributed by atoms with Crippen molar-refractivity contribution in [3.63, 3.8) is 0 Å². The highest BCUT2D eigenvalue weighted by Crippen LogP contribution is 2.25. The maximum Gasteiger partial charge on any atom is 0.258 e. The second-order valence-electron chi connectivity index (χ2n) is 4.87. The Balaban J connectivity index is 2.38. The molecule has 0 aliphatic heterocycles. The lowest BCUT2D eigenvalue weighted by Crippen LogP contribution is -2.27. The molecule has 0 bridgehead atoms. The number of nitrogens with zero attached hydrogens (tertiary/aromatic N) is 1. The van der Waals surface area contributed by atoms with E-state index in [1.54, 1.807) is 24.1 Å². The van der Waals surface area contributed by atoms with Crippen LogP contribution in [0.2, 0.25) is 0 Å². The fraction of sp³-hybridized carbons (Fsp3) is 0.188. The lowest BCUT2D eigenvalue weighted by Gasteiger charge is -2.19. The molecule has 0 atom stereocenters. The van der Waals surface area contributed by atoms with Crippen molar-refractivity contribution in [1.29, 1.82) is 0 Å². The van der Waals surface area contributed by atoms with Crippen LogP contribution in [0.4, 0.5) is 11.4 Å². The predicted molar refractivity (Wildman–Crippen MR) is 87.2 cm³/mol. The molecule has 0 aliphatic carbocycles. The van der Waals surface area contributed by atoms with Crippen LogP contribution in [0.25, 0.3) is 0 Å². The first-order valence-corrected chi connectivity index (χ1v) is 7.10. The van der Waals surface area contributed by atoms with Crippen LogP contribution in [0.15, 0.2) is 40.9 Å². The van der Waals surface area contributed by atoms with E-state index < -0.39 is 0 Å². The van der Waals surface area contributed by atoms with Gasteiger partial charge >= 0.3 is 0 Å². The number of aryl methyl sites for hydroxylation is 1. The number of hydrogen-bond donors (Lipinski definition) is 1. The van der Waals surface area contributed by atoms with Crippen molar-refractivity contribution >= 4 is 33.2 Å². The van der Waals surface area contributed by atoms with Gasteiger partial charge in [0.25, 0.3) is 5.91 Å². The number of hydrogen-bond acceptors (Lipinski definition) is 2. The monoisotopic (exact) mass is 332 g/mol. The van der Waals surface area contributed by atoms with E-state index in [1.807, 2.05) is 38.1 Å². The average molecular weight is 333 g/mol. The SMILES string of the molecule is Cc1ccc(N(C)C(=O)c2cc(Br)cc(N)c2C)cc1. The van der Waals surface area contributed by atoms with Crippen molar-refractivity contribution in [2.45, 2.75) is 13.8 Å². The van der Waals surface area contributed by atoms with Gasteiger partial charge < -0.3 is 10.6 Å². The van der Waals surface area contributed by atoms with Crippen LogP contribution < -0.4 is 10.6 Å². The maximum atomic E-state index is 12.6. The lowest BCUT2D eigenvalue weighted by molar-refractivity contribution is 0.0992. The average Bonchev–Trinajstić information content (AvgIpc) is 2.42. The van der Waals surface area contributed by atoms with Crippen LogP contribution in [-0.4, -0.2) is 13.0 Å². The van der Waals surface area contributed by atoms with Crippen LogP contribution in [0.1, 0.15) is 21.5 Å². The molecule has 0 radical (unpaired) electrons. The van der Waals surface area contributed by atoms with E-state index in [9.17, 15) is 4.79 Å². The molecule has 104 valence electrons. The smallest absolute Gasteiger partial charge is 0.258 e. The molecule has 2 aromatic rings. The van der Waals surface area contributed by atoms with E-state index in [0.717, 1.165) is 21.3 Å². The third-order valence-corrected chi connectivity index (χ3v) is 3.83. The van der Waals surface area contributed by atoms with Gasteiger partial charge in [-0.3, -0.25) is 4.79 Å². The molecule has 0 heterocycles. The molecule has 0 saturated heterocycles. The van der Waals surface area contributed by atoms with Crippen molar-refractivity contribution in [2.24, 2.45) is 0 Å². The zero-order chi connectivity index (χ0) is 14.9. The van der Waals surface area contributed by atoms with Gasteiger partial charge in [0.1, 0.15) is 0 Å². The van der Waals surface area contributed by atoms with E-state index in [4.69, 9.17) is 5.73 Å². The minimum atomic E-state index is -0.0700. The molecule has 0 spiro atoms. The van der Waals surface area contributed by atoms with E-state index in [-0.39, 0.29) is 5.91 Å². The first-order chi connectivity index (χ1) is 9.40. The number of halogens is 1. The highest BCUT2D eigenvalue weighted by atomic mass is 79.9. The first kappa shape index (κ1) is 14.6. The third kappa shape index (κ3) is 2.85. The van der Waals surface area contributed by atoms with Gasteiger partial charge in [-0.2, -0.15) is 0 Å². The number of nitrogens with two attached hydrogens (primary N) is 1. The van der Waals surface area contributed by atoms with Crippen LogP contribution in [0.5, 0.6) is 0 Å². The van der Waals surface area contributed by atoms with Crippen LogP contribution in [0, 0.1) is 13.8 Å². The molecule has 0 saturated carbocycles. The van der Waals surface area contributed by atoms with E-state index in [1.165, 1.54) is 0 Å². The van der Waals surface area contributed by atoms with Crippen molar-refractivity contribution in [3.8, 4) is 0 Å². The summed E-state index contributed by atoms with van der Waals surface area (Å²) >= 11 is 3.38. The van der Waals surface area contributed by atoms with Crippen molar-refractivity contribution < 1.29 is 4.79 Å². The minimum Gasteiger partial charge on any atom is -0.398 e. The molecule has 0 fully saturated rings. The lowest BCUT2D eigenvalue weighted by atomic mass is 10.1. The largest absolute Gasteiger partial charge is 0.398 e. The number of anilines is 2. The molecular weight excluding hydrogens is 316 g/mol. The summed E-state index contributed by atoms with van der Waals surface area (Å²) in [5.74, 6) is -0.0700. The minimum absolute atomic E-state index is 0.0700. The quantitative estimate of drug-likeness (QED) is 0.847. The number of carbonyl (C=O) groups is 1. The summed E-state index contributed by atoms with van der Waals surface area (Å²) in [4.78, 5) is 14.2. The summed E-state index contributed by atoms with van der Waals surface area (Å²) < 4.78 is 0.807. The van der Waals surface area contributed by atoms with Crippen molar-refractivity contribution in [3.05, 3.63) is 57.6 Å². The molecule has 2 N–H and O–H groups in total. The van der Waals surface area contributed by atoms with E-state index in [2.05, 4.69) is 15.9 Å². The second-order valence-corrected chi connectivity index (χ2v) is 5.78. The van der Waals surface area contributed by atoms with Gasteiger partial charge in [0.15, 0.2) is 0 Å². The predicted octanol–water partition coefficient (Wildman–Crippen LogP) is 3.92. The van der Waals surface area contributed by atoms with Crippen LogP contribution >= 0.6 is 15.9 Å². The van der Waals surface area contributed by atoms with Gasteiger partial charge in [-0.1, -0.05) is 33.6 Å². The Morgan fingerprint density at radius 3 is 2.35 bits per heavy atom.